The lowest BCUT2D eigenvalue weighted by atomic mass is 9.93. The third-order valence-corrected chi connectivity index (χ3v) is 7.94. The number of fused-ring (bicyclic) bond motifs is 3. The zero-order valence-corrected chi connectivity index (χ0v) is 28.2. The molecule has 0 unspecified atom stereocenters. The lowest BCUT2D eigenvalue weighted by molar-refractivity contribution is 0.221. The topological polar surface area (TPSA) is 185 Å². The number of aliphatic imine (C=N–C) groups is 1. The average molecular weight is 670 g/mol. The number of nitrogens with one attached hydrogen (secondary N) is 7. The minimum Gasteiger partial charge on any atom is -0.341 e. The number of anilines is 2. The van der Waals surface area contributed by atoms with Gasteiger partial charge < -0.3 is 42.1 Å². The number of isocyanates is 1. The van der Waals surface area contributed by atoms with Crippen molar-refractivity contribution in [1.29, 1.82) is 0 Å². The van der Waals surface area contributed by atoms with Crippen LogP contribution in [0.1, 0.15) is 37.0 Å². The molecule has 0 aromatic heterocycles. The van der Waals surface area contributed by atoms with Gasteiger partial charge in [-0.1, -0.05) is 38.1 Å². The van der Waals surface area contributed by atoms with Gasteiger partial charge in [0.25, 0.3) is 0 Å². The number of carbonyl (C=O) groups excluding carboxylic acids is 5. The van der Waals surface area contributed by atoms with Crippen molar-refractivity contribution in [2.45, 2.75) is 33.2 Å². The van der Waals surface area contributed by atoms with Gasteiger partial charge in [-0.2, -0.15) is 4.99 Å². The molecule has 0 aliphatic heterocycles. The number of amides is 8. The highest BCUT2D eigenvalue weighted by molar-refractivity contribution is 5.91. The molecule has 14 heteroatoms. The highest BCUT2D eigenvalue weighted by Crippen LogP contribution is 2.39. The molecule has 3 aromatic rings. The van der Waals surface area contributed by atoms with E-state index in [1.165, 1.54) is 0 Å². The smallest absolute Gasteiger partial charge is 0.321 e. The van der Waals surface area contributed by atoms with Crippen molar-refractivity contribution in [3.63, 3.8) is 0 Å². The summed E-state index contributed by atoms with van der Waals surface area (Å²) < 4.78 is 0. The molecule has 0 heterocycles. The van der Waals surface area contributed by atoms with Crippen molar-refractivity contribution in [3.8, 4) is 11.1 Å². The fourth-order valence-corrected chi connectivity index (χ4v) is 5.15. The van der Waals surface area contributed by atoms with E-state index in [9.17, 15) is 24.0 Å². The Balaban J connectivity index is 1.10. The molecule has 0 fully saturated rings. The summed E-state index contributed by atoms with van der Waals surface area (Å²) in [4.78, 5) is 64.6. The van der Waals surface area contributed by atoms with Crippen LogP contribution in [-0.4, -0.2) is 75.4 Å². The molecule has 4 rings (SSSR count). The zero-order chi connectivity index (χ0) is 35.4. The van der Waals surface area contributed by atoms with E-state index in [-0.39, 0.29) is 29.5 Å². The van der Waals surface area contributed by atoms with E-state index >= 15 is 0 Å². The van der Waals surface area contributed by atoms with Crippen molar-refractivity contribution >= 4 is 47.3 Å². The maximum atomic E-state index is 12.8. The van der Waals surface area contributed by atoms with Gasteiger partial charge in [0.05, 0.1) is 5.69 Å². The molecule has 0 bridgehead atoms. The minimum atomic E-state index is -0.362. The van der Waals surface area contributed by atoms with Crippen molar-refractivity contribution in [3.05, 3.63) is 77.4 Å². The molecule has 49 heavy (non-hydrogen) atoms. The van der Waals surface area contributed by atoms with Gasteiger partial charge in [-0.05, 0) is 82.5 Å². The molecule has 1 aliphatic carbocycles. The van der Waals surface area contributed by atoms with Crippen LogP contribution < -0.4 is 37.2 Å². The molecule has 0 radical (unpaired) electrons. The van der Waals surface area contributed by atoms with Gasteiger partial charge in [0.1, 0.15) is 0 Å². The van der Waals surface area contributed by atoms with Gasteiger partial charge >= 0.3 is 24.1 Å². The van der Waals surface area contributed by atoms with Crippen LogP contribution >= 0.6 is 0 Å². The summed E-state index contributed by atoms with van der Waals surface area (Å²) in [5.74, 6) is 0. The van der Waals surface area contributed by atoms with Crippen LogP contribution in [0.3, 0.4) is 0 Å². The van der Waals surface area contributed by atoms with Crippen molar-refractivity contribution in [2.24, 2.45) is 10.4 Å². The van der Waals surface area contributed by atoms with Gasteiger partial charge in [-0.25, -0.2) is 24.0 Å². The lowest BCUT2D eigenvalue weighted by Gasteiger charge is -2.25. The number of carbonyl (C=O) groups is 4. The van der Waals surface area contributed by atoms with Crippen LogP contribution in [-0.2, 0) is 17.8 Å². The van der Waals surface area contributed by atoms with Crippen LogP contribution in [0.2, 0.25) is 0 Å². The molecule has 0 atom stereocenters. The van der Waals surface area contributed by atoms with Gasteiger partial charge in [0.15, 0.2) is 0 Å². The maximum absolute atomic E-state index is 12.8. The van der Waals surface area contributed by atoms with E-state index in [0.717, 1.165) is 27.8 Å². The third kappa shape index (κ3) is 10.8. The molecule has 14 nitrogen and oxygen atoms in total. The molecule has 0 spiro atoms. The van der Waals surface area contributed by atoms with E-state index in [1.807, 2.05) is 44.2 Å². The largest absolute Gasteiger partial charge is 0.341 e. The predicted octanol–water partition coefficient (Wildman–Crippen LogP) is 4.66. The summed E-state index contributed by atoms with van der Waals surface area (Å²) in [6.07, 6.45) is 2.82. The normalized spacial score (nSPS) is 11.2. The highest BCUT2D eigenvalue weighted by atomic mass is 16.2. The highest BCUT2D eigenvalue weighted by Gasteiger charge is 2.21. The van der Waals surface area contributed by atoms with Crippen molar-refractivity contribution in [2.75, 3.05) is 50.9 Å². The van der Waals surface area contributed by atoms with Crippen molar-refractivity contribution < 1.29 is 24.0 Å². The van der Waals surface area contributed by atoms with Crippen LogP contribution in [0, 0.1) is 5.41 Å². The Morgan fingerprint density at radius 2 is 1.45 bits per heavy atom. The molecule has 1 aliphatic rings. The fraction of sp³-hybridized carbons (Fsp3) is 0.343. The molecule has 0 saturated heterocycles. The second-order valence-corrected chi connectivity index (χ2v) is 12.5. The monoisotopic (exact) mass is 669 g/mol. The van der Waals surface area contributed by atoms with E-state index < -0.39 is 0 Å². The average Bonchev–Trinajstić information content (AvgIpc) is 3.45. The van der Waals surface area contributed by atoms with Gasteiger partial charge in [-0.15, -0.1) is 0 Å². The van der Waals surface area contributed by atoms with Gasteiger partial charge in [0.2, 0.25) is 6.08 Å². The Labute approximate surface area is 285 Å². The van der Waals surface area contributed by atoms with Crippen LogP contribution in [0.15, 0.2) is 65.7 Å². The number of benzene rings is 3. The maximum Gasteiger partial charge on any atom is 0.321 e. The standard InChI is InChI=1S/C35H43N9O5/c1-35(2,20-39-31(46)36-3)21-40-33(48)42-26-8-6-23(7-9-26)19-38-32(47)37-14-5-15-44(4)34(49)43-28-11-13-30-25(18-28)16-24-17-27(41-22-45)10-12-29(24)30/h6-13,17-18H,5,14-16,19-21H2,1-4H3,(H,43,49)(H2,36,39,46)(H2,37,38,47)(H2,40,42,48). The van der Waals surface area contributed by atoms with Gasteiger partial charge in [0, 0.05) is 58.2 Å². The van der Waals surface area contributed by atoms with Gasteiger partial charge in [-0.3, -0.25) is 0 Å². The second kappa shape index (κ2) is 16.8. The minimum absolute atomic E-state index is 0.253. The van der Waals surface area contributed by atoms with Crippen LogP contribution in [0.25, 0.3) is 11.1 Å². The first kappa shape index (κ1) is 36.0. The Morgan fingerprint density at radius 3 is 2.14 bits per heavy atom. The molecular formula is C35H43N9O5. The fourth-order valence-electron chi connectivity index (χ4n) is 5.15. The molecule has 7 N–H and O–H groups in total. The summed E-state index contributed by atoms with van der Waals surface area (Å²) in [7, 11) is 3.24. The molecule has 8 amide bonds. The number of nitrogens with zero attached hydrogens (tertiary/aromatic N) is 2. The summed E-state index contributed by atoms with van der Waals surface area (Å²) in [6, 6.07) is 17.3. The number of rotatable bonds is 13. The third-order valence-electron chi connectivity index (χ3n) is 7.94. The van der Waals surface area contributed by atoms with Crippen LogP contribution in [0.5, 0.6) is 0 Å². The summed E-state index contributed by atoms with van der Waals surface area (Å²) in [5.41, 5.74) is 6.70. The Bertz CT molecular complexity index is 1720. The first-order valence-electron chi connectivity index (χ1n) is 15.9. The van der Waals surface area contributed by atoms with Crippen molar-refractivity contribution in [1.82, 2.24) is 31.5 Å². The summed E-state index contributed by atoms with van der Waals surface area (Å²) in [5, 5.41) is 19.3. The van der Waals surface area contributed by atoms with E-state index in [1.54, 1.807) is 55.4 Å². The number of hydrogen-bond acceptors (Lipinski definition) is 6. The Hall–Kier alpha value is -5.88. The summed E-state index contributed by atoms with van der Waals surface area (Å²) in [6.45, 7) is 5.74. The predicted molar refractivity (Wildman–Crippen MR) is 189 cm³/mol. The lowest BCUT2D eigenvalue weighted by Crippen LogP contribution is -2.45. The quantitative estimate of drug-likeness (QED) is 0.0620. The number of urea groups is 4. The zero-order valence-electron chi connectivity index (χ0n) is 28.2. The first-order valence-corrected chi connectivity index (χ1v) is 15.9. The Kier molecular flexibility index (Phi) is 12.3. The molecule has 3 aromatic carbocycles. The second-order valence-electron chi connectivity index (χ2n) is 12.5. The molecular weight excluding hydrogens is 626 g/mol. The first-order chi connectivity index (χ1) is 23.5. The van der Waals surface area contributed by atoms with Crippen LogP contribution in [0.4, 0.5) is 36.2 Å². The SMILES string of the molecule is CNC(=O)NCC(C)(C)CNC(=O)Nc1ccc(CNC(=O)NCCCN(C)C(=O)Nc2ccc3c(c2)Cc2cc(N=C=O)ccc2-3)cc1. The molecule has 0 saturated carbocycles. The molecule has 258 valence electrons. The van der Waals surface area contributed by atoms with E-state index in [4.69, 9.17) is 0 Å². The summed E-state index contributed by atoms with van der Waals surface area (Å²) >= 11 is 0. The number of hydrogen-bond donors (Lipinski definition) is 7. The van der Waals surface area contributed by atoms with E-state index in [0.29, 0.717) is 62.6 Å². The van der Waals surface area contributed by atoms with E-state index in [2.05, 4.69) is 42.2 Å². The Morgan fingerprint density at radius 1 is 0.796 bits per heavy atom.